The molecule has 0 spiro atoms. The molecule has 4 rings (SSSR count). The summed E-state index contributed by atoms with van der Waals surface area (Å²) < 4.78 is 94.8. The Balaban J connectivity index is 1.66. The highest BCUT2D eigenvalue weighted by molar-refractivity contribution is 5.76. The highest BCUT2D eigenvalue weighted by Crippen LogP contribution is 2.50. The number of hydrogen-bond donors (Lipinski definition) is 0. The largest absolute Gasteiger partial charge is 0.426 e. The topological polar surface area (TPSA) is 9.23 Å². The Morgan fingerprint density at radius 1 is 0.806 bits per heavy atom. The molecule has 7 heteroatoms. The number of unbranched alkanes of at least 4 members (excludes halogenated alkanes) is 2. The summed E-state index contributed by atoms with van der Waals surface area (Å²) in [7, 11) is 0. The Labute approximate surface area is 207 Å². The van der Waals surface area contributed by atoms with Crippen molar-refractivity contribution in [1.82, 2.24) is 0 Å². The van der Waals surface area contributed by atoms with Gasteiger partial charge in [-0.1, -0.05) is 57.4 Å². The molecule has 36 heavy (non-hydrogen) atoms. The Morgan fingerprint density at radius 2 is 1.50 bits per heavy atom. The molecule has 0 aromatic heterocycles. The van der Waals surface area contributed by atoms with Crippen molar-refractivity contribution in [3.05, 3.63) is 88.0 Å². The molecule has 0 amide bonds. The van der Waals surface area contributed by atoms with Gasteiger partial charge in [-0.2, -0.15) is 8.78 Å². The van der Waals surface area contributed by atoms with E-state index in [0.717, 1.165) is 43.4 Å². The number of hydrogen-bond acceptors (Lipinski definition) is 1. The maximum absolute atomic E-state index is 15.3. The van der Waals surface area contributed by atoms with Crippen molar-refractivity contribution in [2.75, 3.05) is 0 Å². The first-order chi connectivity index (χ1) is 17.1. The van der Waals surface area contributed by atoms with Crippen LogP contribution in [0.1, 0.15) is 67.3 Å². The van der Waals surface area contributed by atoms with Crippen LogP contribution in [0, 0.1) is 11.6 Å². The minimum absolute atomic E-state index is 0.129. The molecular weight excluding hydrogens is 478 g/mol. The summed E-state index contributed by atoms with van der Waals surface area (Å²) in [4.78, 5) is 0. The zero-order chi connectivity index (χ0) is 26.1. The van der Waals surface area contributed by atoms with Gasteiger partial charge in [-0.15, -0.1) is 0 Å². The van der Waals surface area contributed by atoms with E-state index in [-0.39, 0.29) is 16.7 Å². The van der Waals surface area contributed by atoms with Crippen LogP contribution < -0.4 is 4.74 Å². The van der Waals surface area contributed by atoms with Crippen LogP contribution in [0.3, 0.4) is 0 Å². The lowest BCUT2D eigenvalue weighted by atomic mass is 9.81. The van der Waals surface area contributed by atoms with Gasteiger partial charge in [0.15, 0.2) is 11.6 Å². The molecule has 0 fully saturated rings. The van der Waals surface area contributed by atoms with Crippen molar-refractivity contribution >= 4 is 0 Å². The smallest absolute Gasteiger partial charge is 0.426 e. The number of fused-ring (bicyclic) bond motifs is 3. The second-order valence-electron chi connectivity index (χ2n) is 9.27. The summed E-state index contributed by atoms with van der Waals surface area (Å²) >= 11 is 0. The highest BCUT2D eigenvalue weighted by Gasteiger charge is 2.45. The van der Waals surface area contributed by atoms with Crippen LogP contribution in [0.25, 0.3) is 11.1 Å². The number of benzene rings is 3. The molecule has 0 saturated carbocycles. The van der Waals surface area contributed by atoms with E-state index < -0.39 is 47.0 Å². The van der Waals surface area contributed by atoms with Crippen LogP contribution in [-0.4, -0.2) is 0 Å². The fraction of sp³-hybridized carbons (Fsp3) is 0.379. The summed E-state index contributed by atoms with van der Waals surface area (Å²) in [6.45, 7) is 3.91. The van der Waals surface area contributed by atoms with Crippen molar-refractivity contribution in [2.45, 2.75) is 70.8 Å². The van der Waals surface area contributed by atoms with E-state index in [1.165, 1.54) is 24.3 Å². The van der Waals surface area contributed by atoms with E-state index in [4.69, 9.17) is 0 Å². The van der Waals surface area contributed by atoms with Crippen molar-refractivity contribution in [3.8, 4) is 16.9 Å². The van der Waals surface area contributed by atoms with Gasteiger partial charge in [0.1, 0.15) is 5.82 Å². The van der Waals surface area contributed by atoms with Gasteiger partial charge in [0.2, 0.25) is 0 Å². The van der Waals surface area contributed by atoms with E-state index >= 15 is 13.2 Å². The van der Waals surface area contributed by atoms with Gasteiger partial charge in [0.25, 0.3) is 5.92 Å². The molecule has 1 nitrogen and oxygen atoms in total. The second-order valence-corrected chi connectivity index (χ2v) is 9.27. The predicted molar refractivity (Wildman–Crippen MR) is 128 cm³/mol. The Kier molecular flexibility index (Phi) is 7.39. The number of halogens is 6. The van der Waals surface area contributed by atoms with Crippen molar-refractivity contribution in [1.29, 1.82) is 0 Å². The lowest BCUT2D eigenvalue weighted by molar-refractivity contribution is -0.187. The molecule has 3 aromatic rings. The monoisotopic (exact) mass is 506 g/mol. The van der Waals surface area contributed by atoms with E-state index in [2.05, 4.69) is 11.7 Å². The van der Waals surface area contributed by atoms with Gasteiger partial charge in [0, 0.05) is 12.0 Å². The third-order valence-electron chi connectivity index (χ3n) is 6.60. The highest BCUT2D eigenvalue weighted by atomic mass is 19.3. The molecule has 192 valence electrons. The van der Waals surface area contributed by atoms with Gasteiger partial charge in [-0.05, 0) is 65.8 Å². The van der Waals surface area contributed by atoms with Crippen molar-refractivity contribution < 1.29 is 31.1 Å². The minimum Gasteiger partial charge on any atom is -0.426 e. The van der Waals surface area contributed by atoms with Gasteiger partial charge in [-0.3, -0.25) is 0 Å². The summed E-state index contributed by atoms with van der Waals surface area (Å²) in [5, 5.41) is 0. The van der Waals surface area contributed by atoms with E-state index in [0.29, 0.717) is 18.4 Å². The Hall–Kier alpha value is -2.96. The molecule has 0 bridgehead atoms. The van der Waals surface area contributed by atoms with E-state index in [1.807, 2.05) is 6.92 Å². The average Bonchev–Trinajstić information content (AvgIpc) is 2.83. The van der Waals surface area contributed by atoms with Crippen LogP contribution in [0.15, 0.2) is 48.5 Å². The maximum atomic E-state index is 15.3. The lowest BCUT2D eigenvalue weighted by Crippen LogP contribution is -2.27. The van der Waals surface area contributed by atoms with Crippen LogP contribution in [0.5, 0.6) is 5.75 Å². The van der Waals surface area contributed by atoms with Gasteiger partial charge in [-0.25, -0.2) is 17.6 Å². The first kappa shape index (κ1) is 26.1. The van der Waals surface area contributed by atoms with Crippen LogP contribution in [-0.2, 0) is 31.3 Å². The molecule has 0 unspecified atom stereocenters. The standard InChI is InChI=1S/C29H28F6O/c1-3-5-6-8-18-9-12-20(13-10-18)29(34,35)36-24-16-15-22-21-14-11-19(7-4-2)26(30)23(21)17-28(32,33)25(22)27(24)31/h9-16H,3-8,17H2,1-2H3. The van der Waals surface area contributed by atoms with Gasteiger partial charge < -0.3 is 4.74 Å². The summed E-state index contributed by atoms with van der Waals surface area (Å²) in [5.41, 5.74) is -0.672. The molecule has 1 aliphatic rings. The number of ether oxygens (including phenoxy) is 1. The quantitative estimate of drug-likeness (QED) is 0.208. The molecule has 0 aliphatic heterocycles. The summed E-state index contributed by atoms with van der Waals surface area (Å²) in [5.74, 6) is -7.09. The SMILES string of the molecule is CCCCCc1ccc(C(F)(F)Oc2ccc3c(c2F)C(F)(F)Cc2c-3ccc(CCC)c2F)cc1. The normalized spacial score (nSPS) is 14.3. The summed E-state index contributed by atoms with van der Waals surface area (Å²) in [6, 6.07) is 10.4. The fourth-order valence-electron chi connectivity index (χ4n) is 4.73. The van der Waals surface area contributed by atoms with Crippen LogP contribution in [0.2, 0.25) is 0 Å². The molecule has 1 aliphatic carbocycles. The predicted octanol–water partition coefficient (Wildman–Crippen LogP) is 9.09. The number of alkyl halides is 4. The third kappa shape index (κ3) is 4.97. The second kappa shape index (κ2) is 10.2. The van der Waals surface area contributed by atoms with Crippen LogP contribution >= 0.6 is 0 Å². The molecule has 0 atom stereocenters. The molecule has 0 heterocycles. The number of aryl methyl sites for hydroxylation is 2. The van der Waals surface area contributed by atoms with Gasteiger partial charge in [0.05, 0.1) is 11.1 Å². The van der Waals surface area contributed by atoms with Gasteiger partial charge >= 0.3 is 6.11 Å². The van der Waals surface area contributed by atoms with E-state index in [9.17, 15) is 13.2 Å². The molecule has 0 radical (unpaired) electrons. The average molecular weight is 507 g/mol. The first-order valence-corrected chi connectivity index (χ1v) is 12.3. The maximum Gasteiger partial charge on any atom is 0.426 e. The number of rotatable bonds is 9. The zero-order valence-electron chi connectivity index (χ0n) is 20.2. The minimum atomic E-state index is -3.94. The third-order valence-corrected chi connectivity index (χ3v) is 6.60. The lowest BCUT2D eigenvalue weighted by Gasteiger charge is -2.30. The van der Waals surface area contributed by atoms with E-state index in [1.54, 1.807) is 12.1 Å². The fourth-order valence-corrected chi connectivity index (χ4v) is 4.73. The Morgan fingerprint density at radius 3 is 2.17 bits per heavy atom. The first-order valence-electron chi connectivity index (χ1n) is 12.3. The molecular formula is C29H28F6O. The Bertz CT molecular complexity index is 1230. The molecule has 0 N–H and O–H groups in total. The van der Waals surface area contributed by atoms with Crippen molar-refractivity contribution in [3.63, 3.8) is 0 Å². The summed E-state index contributed by atoms with van der Waals surface area (Å²) in [6.07, 6.45) is -0.242. The zero-order valence-corrected chi connectivity index (χ0v) is 20.2. The molecule has 3 aromatic carbocycles. The molecule has 0 saturated heterocycles. The van der Waals surface area contributed by atoms with Crippen LogP contribution in [0.4, 0.5) is 26.3 Å². The van der Waals surface area contributed by atoms with Crippen molar-refractivity contribution in [2.24, 2.45) is 0 Å².